The van der Waals surface area contributed by atoms with Gasteiger partial charge in [0.15, 0.2) is 0 Å². The third-order valence-electron chi connectivity index (χ3n) is 5.33. The summed E-state index contributed by atoms with van der Waals surface area (Å²) in [7, 11) is 0. The molecule has 3 aromatic carbocycles. The summed E-state index contributed by atoms with van der Waals surface area (Å²) in [4.78, 5) is 17.3. The molecule has 0 radical (unpaired) electrons. The van der Waals surface area contributed by atoms with Crippen LogP contribution in [0.25, 0.3) is 0 Å². The van der Waals surface area contributed by atoms with Gasteiger partial charge in [0.2, 0.25) is 5.91 Å². The molecule has 1 aliphatic heterocycles. The van der Waals surface area contributed by atoms with Gasteiger partial charge in [-0.2, -0.15) is 0 Å². The lowest BCUT2D eigenvalue weighted by atomic mass is 10.0. The molecule has 1 saturated heterocycles. The van der Waals surface area contributed by atoms with Gasteiger partial charge in [0, 0.05) is 31.9 Å². The van der Waals surface area contributed by atoms with Gasteiger partial charge in [0.05, 0.1) is 11.0 Å². The van der Waals surface area contributed by atoms with Crippen molar-refractivity contribution in [1.29, 1.82) is 0 Å². The predicted molar refractivity (Wildman–Crippen MR) is 122 cm³/mol. The topological polar surface area (TPSA) is 23.6 Å². The average Bonchev–Trinajstić information content (AvgIpc) is 2.81. The molecular formula is C25H26N2OS. The summed E-state index contributed by atoms with van der Waals surface area (Å²) in [6, 6.07) is 31.4. The molecule has 1 heterocycles. The van der Waals surface area contributed by atoms with Crippen LogP contribution in [0.4, 0.5) is 5.69 Å². The molecule has 1 fully saturated rings. The van der Waals surface area contributed by atoms with E-state index in [0.29, 0.717) is 5.75 Å². The number of rotatable bonds is 6. The van der Waals surface area contributed by atoms with Gasteiger partial charge in [-0.25, -0.2) is 0 Å². The van der Waals surface area contributed by atoms with Crippen LogP contribution in [0.1, 0.15) is 16.4 Å². The zero-order valence-corrected chi connectivity index (χ0v) is 17.3. The Morgan fingerprint density at radius 3 is 1.72 bits per heavy atom. The summed E-state index contributed by atoms with van der Waals surface area (Å²) >= 11 is 1.72. The molecule has 0 atom stereocenters. The van der Waals surface area contributed by atoms with E-state index in [0.717, 1.165) is 26.2 Å². The lowest BCUT2D eigenvalue weighted by Gasteiger charge is -2.36. The Morgan fingerprint density at radius 2 is 1.21 bits per heavy atom. The van der Waals surface area contributed by atoms with Crippen molar-refractivity contribution in [2.75, 3.05) is 36.8 Å². The number of piperazine rings is 1. The van der Waals surface area contributed by atoms with Crippen LogP contribution in [-0.2, 0) is 4.79 Å². The third kappa shape index (κ3) is 5.01. The Balaban J connectivity index is 1.36. The molecular weight excluding hydrogens is 376 g/mol. The maximum Gasteiger partial charge on any atom is 0.232 e. The fourth-order valence-corrected chi connectivity index (χ4v) is 4.93. The molecule has 0 aliphatic carbocycles. The summed E-state index contributed by atoms with van der Waals surface area (Å²) in [5.74, 6) is 0.736. The van der Waals surface area contributed by atoms with Crippen LogP contribution in [0.15, 0.2) is 91.0 Å². The predicted octanol–water partition coefficient (Wildman–Crippen LogP) is 4.86. The molecule has 0 N–H and O–H groups in total. The van der Waals surface area contributed by atoms with Crippen LogP contribution in [-0.4, -0.2) is 42.7 Å². The van der Waals surface area contributed by atoms with Crippen LogP contribution in [0.5, 0.6) is 0 Å². The maximum absolute atomic E-state index is 12.9. The molecule has 0 aromatic heterocycles. The third-order valence-corrected chi connectivity index (χ3v) is 6.62. The Morgan fingerprint density at radius 1 is 0.724 bits per heavy atom. The molecule has 29 heavy (non-hydrogen) atoms. The number of benzene rings is 3. The van der Waals surface area contributed by atoms with Crippen LogP contribution >= 0.6 is 11.8 Å². The molecule has 0 spiro atoms. The van der Waals surface area contributed by atoms with E-state index in [4.69, 9.17) is 0 Å². The number of nitrogens with zero attached hydrogens (tertiary/aromatic N) is 2. The van der Waals surface area contributed by atoms with Crippen molar-refractivity contribution < 1.29 is 4.79 Å². The second-order valence-corrected chi connectivity index (χ2v) is 8.31. The minimum absolute atomic E-state index is 0.173. The average molecular weight is 403 g/mol. The van der Waals surface area contributed by atoms with E-state index in [9.17, 15) is 4.79 Å². The quantitative estimate of drug-likeness (QED) is 0.588. The lowest BCUT2D eigenvalue weighted by Crippen LogP contribution is -2.49. The number of hydrogen-bond acceptors (Lipinski definition) is 3. The van der Waals surface area contributed by atoms with Gasteiger partial charge in [0.25, 0.3) is 0 Å². The Kier molecular flexibility index (Phi) is 6.52. The summed E-state index contributed by atoms with van der Waals surface area (Å²) in [6.45, 7) is 3.35. The van der Waals surface area contributed by atoms with Gasteiger partial charge in [0.1, 0.15) is 0 Å². The van der Waals surface area contributed by atoms with Gasteiger partial charge in [-0.15, -0.1) is 11.8 Å². The first kappa shape index (κ1) is 19.6. The highest BCUT2D eigenvalue weighted by atomic mass is 32.2. The highest BCUT2D eigenvalue weighted by Gasteiger charge is 2.23. The van der Waals surface area contributed by atoms with Crippen molar-refractivity contribution in [1.82, 2.24) is 4.90 Å². The molecule has 148 valence electrons. The van der Waals surface area contributed by atoms with E-state index >= 15 is 0 Å². The monoisotopic (exact) mass is 402 g/mol. The van der Waals surface area contributed by atoms with Crippen molar-refractivity contribution in [3.8, 4) is 0 Å². The number of carbonyl (C=O) groups is 1. The SMILES string of the molecule is O=C(CSC(c1ccccc1)c1ccccc1)N1CCN(c2ccccc2)CC1. The number of para-hydroxylation sites is 1. The van der Waals surface area contributed by atoms with Crippen LogP contribution in [0.2, 0.25) is 0 Å². The minimum Gasteiger partial charge on any atom is -0.368 e. The number of anilines is 1. The van der Waals surface area contributed by atoms with Crippen molar-refractivity contribution >= 4 is 23.4 Å². The smallest absolute Gasteiger partial charge is 0.232 e. The molecule has 1 aliphatic rings. The molecule has 0 saturated carbocycles. The van der Waals surface area contributed by atoms with Crippen molar-refractivity contribution in [2.45, 2.75) is 5.25 Å². The van der Waals surface area contributed by atoms with Gasteiger partial charge >= 0.3 is 0 Å². The number of amides is 1. The van der Waals surface area contributed by atoms with E-state index in [2.05, 4.69) is 77.7 Å². The fourth-order valence-electron chi connectivity index (χ4n) is 3.74. The highest BCUT2D eigenvalue weighted by molar-refractivity contribution is 8.00. The van der Waals surface area contributed by atoms with Crippen LogP contribution < -0.4 is 4.90 Å². The molecule has 0 bridgehead atoms. The van der Waals surface area contributed by atoms with Gasteiger partial charge in [-0.05, 0) is 23.3 Å². The van der Waals surface area contributed by atoms with Crippen LogP contribution in [0.3, 0.4) is 0 Å². The molecule has 4 heteroatoms. The van der Waals surface area contributed by atoms with E-state index in [1.807, 2.05) is 23.1 Å². The molecule has 3 aromatic rings. The second-order valence-electron chi connectivity index (χ2n) is 7.22. The molecule has 4 rings (SSSR count). The number of thioether (sulfide) groups is 1. The fraction of sp³-hybridized carbons (Fsp3) is 0.240. The number of hydrogen-bond donors (Lipinski definition) is 0. The Bertz CT molecular complexity index is 854. The van der Waals surface area contributed by atoms with Gasteiger partial charge in [-0.1, -0.05) is 78.9 Å². The zero-order valence-electron chi connectivity index (χ0n) is 16.5. The zero-order chi connectivity index (χ0) is 19.9. The Labute approximate surface area is 177 Å². The minimum atomic E-state index is 0.173. The Hall–Kier alpha value is -2.72. The van der Waals surface area contributed by atoms with Gasteiger partial charge < -0.3 is 9.80 Å². The molecule has 0 unspecified atom stereocenters. The summed E-state index contributed by atoms with van der Waals surface area (Å²) < 4.78 is 0. The van der Waals surface area contributed by atoms with E-state index in [1.54, 1.807) is 11.8 Å². The number of carbonyl (C=O) groups excluding carboxylic acids is 1. The van der Waals surface area contributed by atoms with Crippen LogP contribution in [0, 0.1) is 0 Å². The maximum atomic E-state index is 12.9. The highest BCUT2D eigenvalue weighted by Crippen LogP contribution is 2.35. The summed E-state index contributed by atoms with van der Waals surface area (Å²) in [6.07, 6.45) is 0. The van der Waals surface area contributed by atoms with Gasteiger partial charge in [-0.3, -0.25) is 4.79 Å². The lowest BCUT2D eigenvalue weighted by molar-refractivity contribution is -0.128. The first-order valence-electron chi connectivity index (χ1n) is 10.1. The van der Waals surface area contributed by atoms with E-state index in [-0.39, 0.29) is 11.2 Å². The van der Waals surface area contributed by atoms with Crippen molar-refractivity contribution in [2.24, 2.45) is 0 Å². The van der Waals surface area contributed by atoms with Crippen molar-refractivity contribution in [3.63, 3.8) is 0 Å². The second kappa shape index (κ2) is 9.66. The molecule has 1 amide bonds. The first-order chi connectivity index (χ1) is 14.3. The summed E-state index contributed by atoms with van der Waals surface area (Å²) in [5.41, 5.74) is 3.72. The van der Waals surface area contributed by atoms with E-state index in [1.165, 1.54) is 16.8 Å². The largest absolute Gasteiger partial charge is 0.368 e. The standard InChI is InChI=1S/C25H26N2OS/c28-24(27-18-16-26(17-19-27)23-14-8-3-9-15-23)20-29-25(21-10-4-1-5-11-21)22-12-6-2-7-13-22/h1-15,25H,16-20H2. The first-order valence-corrected chi connectivity index (χ1v) is 11.2. The van der Waals surface area contributed by atoms with Crippen molar-refractivity contribution in [3.05, 3.63) is 102 Å². The van der Waals surface area contributed by atoms with E-state index < -0.39 is 0 Å². The normalized spacial score (nSPS) is 14.2. The summed E-state index contributed by atoms with van der Waals surface area (Å²) in [5, 5.41) is 0.173. The molecule has 3 nitrogen and oxygen atoms in total.